The predicted molar refractivity (Wildman–Crippen MR) is 69.5 cm³/mol. The molecule has 3 heteroatoms. The van der Waals surface area contributed by atoms with Crippen molar-refractivity contribution in [2.45, 2.75) is 58.4 Å². The third-order valence-corrected chi connectivity index (χ3v) is 3.78. The fourth-order valence-corrected chi connectivity index (χ4v) is 2.65. The molecule has 1 N–H and O–H groups in total. The summed E-state index contributed by atoms with van der Waals surface area (Å²) in [7, 11) is 0. The fourth-order valence-electron chi connectivity index (χ4n) is 2.65. The van der Waals surface area contributed by atoms with Crippen molar-refractivity contribution in [3.8, 4) is 6.07 Å². The van der Waals surface area contributed by atoms with Crippen LogP contribution in [0.1, 0.15) is 52.4 Å². The van der Waals surface area contributed by atoms with Gasteiger partial charge in [-0.25, -0.2) is 0 Å². The number of rotatable bonds is 7. The first-order chi connectivity index (χ1) is 8.09. The molecule has 0 unspecified atom stereocenters. The van der Waals surface area contributed by atoms with E-state index in [1.807, 2.05) is 13.8 Å². The van der Waals surface area contributed by atoms with E-state index in [-0.39, 0.29) is 12.0 Å². The van der Waals surface area contributed by atoms with Crippen LogP contribution in [0.5, 0.6) is 0 Å². The van der Waals surface area contributed by atoms with Gasteiger partial charge in [0.15, 0.2) is 0 Å². The molecule has 1 aliphatic carbocycles. The zero-order valence-electron chi connectivity index (χ0n) is 11.3. The predicted octanol–water partition coefficient (Wildman–Crippen LogP) is 2.55. The van der Waals surface area contributed by atoms with Gasteiger partial charge in [0.25, 0.3) is 0 Å². The number of hydrogen-bond donors (Lipinski definition) is 1. The Morgan fingerprint density at radius 1 is 1.29 bits per heavy atom. The van der Waals surface area contributed by atoms with Crippen molar-refractivity contribution in [2.75, 3.05) is 19.7 Å². The third kappa shape index (κ3) is 5.06. The fraction of sp³-hybridized carbons (Fsp3) is 0.929. The Morgan fingerprint density at radius 3 is 2.47 bits per heavy atom. The van der Waals surface area contributed by atoms with Gasteiger partial charge in [0, 0.05) is 12.6 Å². The highest BCUT2D eigenvalue weighted by atomic mass is 16.3. The molecule has 0 aromatic carbocycles. The molecule has 0 radical (unpaired) electrons. The Hall–Kier alpha value is -0.590. The molecule has 0 bridgehead atoms. The van der Waals surface area contributed by atoms with Crippen molar-refractivity contribution in [3.63, 3.8) is 0 Å². The highest BCUT2D eigenvalue weighted by Crippen LogP contribution is 2.25. The van der Waals surface area contributed by atoms with Gasteiger partial charge >= 0.3 is 0 Å². The lowest BCUT2D eigenvalue weighted by Crippen LogP contribution is -2.36. The van der Waals surface area contributed by atoms with Crippen molar-refractivity contribution < 1.29 is 5.11 Å². The van der Waals surface area contributed by atoms with Crippen LogP contribution in [-0.4, -0.2) is 35.7 Å². The van der Waals surface area contributed by atoms with Crippen LogP contribution in [0.3, 0.4) is 0 Å². The third-order valence-electron chi connectivity index (χ3n) is 3.78. The summed E-state index contributed by atoms with van der Waals surface area (Å²) >= 11 is 0. The van der Waals surface area contributed by atoms with Crippen molar-refractivity contribution >= 4 is 0 Å². The quantitative estimate of drug-likeness (QED) is 0.741. The first-order valence-electron chi connectivity index (χ1n) is 6.85. The summed E-state index contributed by atoms with van der Waals surface area (Å²) in [6.45, 7) is 6.06. The number of aliphatic hydroxyl groups is 1. The van der Waals surface area contributed by atoms with Crippen LogP contribution in [0.15, 0.2) is 0 Å². The molecule has 0 aliphatic heterocycles. The van der Waals surface area contributed by atoms with Gasteiger partial charge in [-0.1, -0.05) is 12.8 Å². The molecule has 0 saturated heterocycles. The largest absolute Gasteiger partial charge is 0.395 e. The Labute approximate surface area is 105 Å². The van der Waals surface area contributed by atoms with Crippen LogP contribution in [0.4, 0.5) is 0 Å². The van der Waals surface area contributed by atoms with Gasteiger partial charge in [-0.2, -0.15) is 5.26 Å². The van der Waals surface area contributed by atoms with E-state index >= 15 is 0 Å². The zero-order chi connectivity index (χ0) is 12.7. The lowest BCUT2D eigenvalue weighted by Gasteiger charge is -2.29. The first-order valence-corrected chi connectivity index (χ1v) is 6.85. The van der Waals surface area contributed by atoms with Crippen LogP contribution < -0.4 is 0 Å². The maximum Gasteiger partial charge on any atom is 0.0683 e. The number of nitriles is 1. The number of hydrogen-bond acceptors (Lipinski definition) is 3. The van der Waals surface area contributed by atoms with Crippen molar-refractivity contribution in [1.82, 2.24) is 4.90 Å². The minimum Gasteiger partial charge on any atom is -0.395 e. The molecule has 1 fully saturated rings. The van der Waals surface area contributed by atoms with Gasteiger partial charge in [-0.05, 0) is 46.1 Å². The minimum atomic E-state index is -0.208. The van der Waals surface area contributed by atoms with E-state index in [0.717, 1.165) is 25.9 Å². The molecule has 1 saturated carbocycles. The van der Waals surface area contributed by atoms with Gasteiger partial charge in [-0.3, -0.25) is 4.90 Å². The zero-order valence-corrected chi connectivity index (χ0v) is 11.3. The van der Waals surface area contributed by atoms with Crippen LogP contribution in [0.2, 0.25) is 0 Å². The highest BCUT2D eigenvalue weighted by molar-refractivity contribution is 4.91. The smallest absolute Gasteiger partial charge is 0.0683 e. The van der Waals surface area contributed by atoms with Gasteiger partial charge in [-0.15, -0.1) is 0 Å². The summed E-state index contributed by atoms with van der Waals surface area (Å²) in [5.74, 6) is 0. The van der Waals surface area contributed by atoms with Crippen LogP contribution in [0.25, 0.3) is 0 Å². The summed E-state index contributed by atoms with van der Waals surface area (Å²) in [5.41, 5.74) is -0.208. The summed E-state index contributed by atoms with van der Waals surface area (Å²) in [6, 6.07) is 3.02. The van der Waals surface area contributed by atoms with E-state index in [2.05, 4.69) is 11.0 Å². The van der Waals surface area contributed by atoms with Crippen molar-refractivity contribution in [1.29, 1.82) is 5.26 Å². The average Bonchev–Trinajstić information content (AvgIpc) is 2.81. The van der Waals surface area contributed by atoms with E-state index in [4.69, 9.17) is 10.4 Å². The molecule has 0 spiro atoms. The second kappa shape index (κ2) is 6.98. The van der Waals surface area contributed by atoms with Crippen molar-refractivity contribution in [2.24, 2.45) is 5.41 Å². The molecule has 1 aliphatic rings. The summed E-state index contributed by atoms with van der Waals surface area (Å²) in [6.07, 6.45) is 7.21. The Morgan fingerprint density at radius 2 is 1.94 bits per heavy atom. The van der Waals surface area contributed by atoms with Gasteiger partial charge in [0.2, 0.25) is 0 Å². The van der Waals surface area contributed by atoms with Crippen LogP contribution >= 0.6 is 0 Å². The Kier molecular flexibility index (Phi) is 5.94. The lowest BCUT2D eigenvalue weighted by molar-refractivity contribution is 0.146. The summed E-state index contributed by atoms with van der Waals surface area (Å²) < 4.78 is 0. The number of nitrogens with zero attached hydrogens (tertiary/aromatic N) is 2. The van der Waals surface area contributed by atoms with Crippen LogP contribution in [0, 0.1) is 16.7 Å². The molecule has 98 valence electrons. The topological polar surface area (TPSA) is 47.3 Å². The molecule has 0 aromatic rings. The normalized spacial score (nSPS) is 17.6. The Balaban J connectivity index is 2.32. The van der Waals surface area contributed by atoms with Crippen LogP contribution in [-0.2, 0) is 0 Å². The molecular weight excluding hydrogens is 212 g/mol. The second-order valence-electron chi connectivity index (χ2n) is 5.80. The Bertz CT molecular complexity index is 251. The molecule has 0 amide bonds. The van der Waals surface area contributed by atoms with E-state index in [1.165, 1.54) is 25.7 Å². The van der Waals surface area contributed by atoms with Gasteiger partial charge in [0.05, 0.1) is 18.1 Å². The summed E-state index contributed by atoms with van der Waals surface area (Å²) in [5, 5.41) is 18.1. The number of aliphatic hydroxyl groups excluding tert-OH is 1. The molecule has 0 atom stereocenters. The minimum absolute atomic E-state index is 0.208. The first kappa shape index (κ1) is 14.5. The lowest BCUT2D eigenvalue weighted by atomic mass is 9.89. The SMILES string of the molecule is CC(C)(C#N)CCCN(CCO)C1CCCC1. The molecule has 17 heavy (non-hydrogen) atoms. The maximum absolute atomic E-state index is 9.11. The average molecular weight is 238 g/mol. The summed E-state index contributed by atoms with van der Waals surface area (Å²) in [4.78, 5) is 2.42. The second-order valence-corrected chi connectivity index (χ2v) is 5.80. The molecule has 0 aromatic heterocycles. The maximum atomic E-state index is 9.11. The molecule has 1 rings (SSSR count). The van der Waals surface area contributed by atoms with E-state index in [1.54, 1.807) is 0 Å². The van der Waals surface area contributed by atoms with E-state index < -0.39 is 0 Å². The monoisotopic (exact) mass is 238 g/mol. The van der Waals surface area contributed by atoms with Crippen molar-refractivity contribution in [3.05, 3.63) is 0 Å². The highest BCUT2D eigenvalue weighted by Gasteiger charge is 2.23. The molecule has 3 nitrogen and oxygen atoms in total. The van der Waals surface area contributed by atoms with Gasteiger partial charge < -0.3 is 5.11 Å². The molecular formula is C14H26N2O. The standard InChI is InChI=1S/C14H26N2O/c1-14(2,12-15)8-5-9-16(10-11-17)13-6-3-4-7-13/h13,17H,3-11H2,1-2H3. The van der Waals surface area contributed by atoms with E-state index in [9.17, 15) is 0 Å². The molecule has 0 heterocycles. The van der Waals surface area contributed by atoms with E-state index in [0.29, 0.717) is 6.04 Å². The van der Waals surface area contributed by atoms with Gasteiger partial charge in [0.1, 0.15) is 0 Å².